The van der Waals surface area contributed by atoms with Crippen molar-refractivity contribution in [3.05, 3.63) is 85.3 Å². The first kappa shape index (κ1) is 21.9. The lowest BCUT2D eigenvalue weighted by molar-refractivity contribution is -0.116. The number of anilines is 1. The van der Waals surface area contributed by atoms with Gasteiger partial charge in [0.05, 0.1) is 18.2 Å². The number of thiophene rings is 1. The molecule has 1 N–H and O–H groups in total. The Labute approximate surface area is 192 Å². The Hall–Kier alpha value is -3.36. The summed E-state index contributed by atoms with van der Waals surface area (Å²) in [6, 6.07) is 15.2. The van der Waals surface area contributed by atoms with Crippen molar-refractivity contribution in [3.8, 4) is 11.4 Å². The number of aryl methyl sites for hydroxylation is 1. The van der Waals surface area contributed by atoms with Crippen LogP contribution in [0.25, 0.3) is 15.9 Å². The molecule has 32 heavy (non-hydrogen) atoms. The first-order valence-corrected chi connectivity index (χ1v) is 11.1. The molecular formula is C23H20ClN3O4S. The van der Waals surface area contributed by atoms with E-state index in [2.05, 4.69) is 5.32 Å². The summed E-state index contributed by atoms with van der Waals surface area (Å²) in [5, 5.41) is 3.57. The highest BCUT2D eigenvalue weighted by molar-refractivity contribution is 7.18. The second-order valence-corrected chi connectivity index (χ2v) is 8.60. The number of rotatable bonds is 6. The van der Waals surface area contributed by atoms with Gasteiger partial charge in [-0.25, -0.2) is 9.36 Å². The van der Waals surface area contributed by atoms with E-state index in [0.29, 0.717) is 38.8 Å². The fourth-order valence-corrected chi connectivity index (χ4v) is 4.64. The van der Waals surface area contributed by atoms with Crippen molar-refractivity contribution < 1.29 is 9.53 Å². The highest BCUT2D eigenvalue weighted by atomic mass is 35.5. The maximum absolute atomic E-state index is 13.4. The summed E-state index contributed by atoms with van der Waals surface area (Å²) in [7, 11) is 1.56. The van der Waals surface area contributed by atoms with Crippen molar-refractivity contribution in [2.75, 3.05) is 12.4 Å². The summed E-state index contributed by atoms with van der Waals surface area (Å²) in [6.45, 7) is 1.73. The standard InChI is InChI=1S/C23H20ClN3O4S/c1-3-18-12-19-21(29)27(16-6-4-5-14(24)11-16)23(30)26(22(19)32-18)13-20(28)25-15-7-9-17(31-2)10-8-15/h4-12H,3,13H2,1-2H3,(H,25,28). The summed E-state index contributed by atoms with van der Waals surface area (Å²) < 4.78 is 7.51. The molecule has 2 aromatic heterocycles. The number of carbonyl (C=O) groups excluding carboxylic acids is 1. The maximum atomic E-state index is 13.4. The number of amides is 1. The lowest BCUT2D eigenvalue weighted by Crippen LogP contribution is -2.40. The quantitative estimate of drug-likeness (QED) is 0.461. The molecule has 1 amide bonds. The zero-order valence-corrected chi connectivity index (χ0v) is 19.0. The largest absolute Gasteiger partial charge is 0.497 e. The molecule has 4 rings (SSSR count). The van der Waals surface area contributed by atoms with Gasteiger partial charge < -0.3 is 10.1 Å². The Morgan fingerprint density at radius 2 is 1.88 bits per heavy atom. The van der Waals surface area contributed by atoms with Crippen molar-refractivity contribution in [2.24, 2.45) is 0 Å². The van der Waals surface area contributed by atoms with Crippen LogP contribution >= 0.6 is 22.9 Å². The Morgan fingerprint density at radius 3 is 2.53 bits per heavy atom. The van der Waals surface area contributed by atoms with Crippen molar-refractivity contribution in [1.29, 1.82) is 0 Å². The molecule has 0 aliphatic rings. The van der Waals surface area contributed by atoms with Gasteiger partial charge in [-0.1, -0.05) is 24.6 Å². The highest BCUT2D eigenvalue weighted by Crippen LogP contribution is 2.24. The molecule has 0 unspecified atom stereocenters. The van der Waals surface area contributed by atoms with Gasteiger partial charge in [0, 0.05) is 15.6 Å². The number of aromatic nitrogens is 2. The molecule has 0 bridgehead atoms. The summed E-state index contributed by atoms with van der Waals surface area (Å²) in [6.07, 6.45) is 0.711. The van der Waals surface area contributed by atoms with Gasteiger partial charge in [-0.3, -0.25) is 14.2 Å². The maximum Gasteiger partial charge on any atom is 0.337 e. The summed E-state index contributed by atoms with van der Waals surface area (Å²) >= 11 is 7.42. The minimum atomic E-state index is -0.598. The van der Waals surface area contributed by atoms with Gasteiger partial charge in [0.2, 0.25) is 5.91 Å². The third kappa shape index (κ3) is 4.19. The van der Waals surface area contributed by atoms with E-state index in [9.17, 15) is 14.4 Å². The molecular weight excluding hydrogens is 450 g/mol. The van der Waals surface area contributed by atoms with Gasteiger partial charge in [0.15, 0.2) is 0 Å². The summed E-state index contributed by atoms with van der Waals surface area (Å²) in [5.41, 5.74) is -0.110. The van der Waals surface area contributed by atoms with Crippen LogP contribution < -0.4 is 21.3 Å². The third-order valence-corrected chi connectivity index (χ3v) is 6.49. The van der Waals surface area contributed by atoms with Crippen molar-refractivity contribution >= 4 is 44.7 Å². The zero-order chi connectivity index (χ0) is 22.8. The number of nitrogens with one attached hydrogen (secondary N) is 1. The van der Waals surface area contributed by atoms with E-state index in [4.69, 9.17) is 16.3 Å². The predicted octanol–water partition coefficient (Wildman–Crippen LogP) is 4.08. The minimum Gasteiger partial charge on any atom is -0.497 e. The Balaban J connectivity index is 1.80. The van der Waals surface area contributed by atoms with Crippen molar-refractivity contribution in [3.63, 3.8) is 0 Å². The Bertz CT molecular complexity index is 1420. The number of ether oxygens (including phenoxy) is 1. The van der Waals surface area contributed by atoms with E-state index in [1.807, 2.05) is 6.92 Å². The molecule has 0 fully saturated rings. The van der Waals surface area contributed by atoms with Crippen LogP contribution in [0, 0.1) is 0 Å². The number of hydrogen-bond acceptors (Lipinski definition) is 5. The topological polar surface area (TPSA) is 82.3 Å². The monoisotopic (exact) mass is 469 g/mol. The van der Waals surface area contributed by atoms with E-state index in [1.165, 1.54) is 15.9 Å². The molecule has 0 atom stereocenters. The van der Waals surface area contributed by atoms with Crippen LogP contribution in [0.4, 0.5) is 5.69 Å². The molecule has 2 heterocycles. The second kappa shape index (κ2) is 9.02. The van der Waals surface area contributed by atoms with Gasteiger partial charge in [0.1, 0.15) is 17.1 Å². The van der Waals surface area contributed by atoms with Crippen LogP contribution in [0.15, 0.2) is 64.2 Å². The fourth-order valence-electron chi connectivity index (χ4n) is 3.37. The van der Waals surface area contributed by atoms with Crippen LogP contribution in [0.3, 0.4) is 0 Å². The van der Waals surface area contributed by atoms with Crippen molar-refractivity contribution in [2.45, 2.75) is 19.9 Å². The lowest BCUT2D eigenvalue weighted by atomic mass is 10.3. The number of benzene rings is 2. The SMILES string of the molecule is CCc1cc2c(=O)n(-c3cccc(Cl)c3)c(=O)n(CC(=O)Nc3ccc(OC)cc3)c2s1. The average molecular weight is 470 g/mol. The average Bonchev–Trinajstić information content (AvgIpc) is 3.22. The smallest absolute Gasteiger partial charge is 0.337 e. The highest BCUT2D eigenvalue weighted by Gasteiger charge is 2.19. The van der Waals surface area contributed by atoms with E-state index < -0.39 is 11.2 Å². The number of nitrogens with zero attached hydrogens (tertiary/aromatic N) is 2. The summed E-state index contributed by atoms with van der Waals surface area (Å²) in [4.78, 5) is 40.8. The van der Waals surface area contributed by atoms with Crippen LogP contribution in [-0.4, -0.2) is 22.2 Å². The molecule has 4 aromatic rings. The van der Waals surface area contributed by atoms with E-state index in [-0.39, 0.29) is 12.5 Å². The summed E-state index contributed by atoms with van der Waals surface area (Å²) in [5.74, 6) is 0.279. The van der Waals surface area contributed by atoms with Crippen molar-refractivity contribution in [1.82, 2.24) is 9.13 Å². The number of carbonyl (C=O) groups is 1. The molecule has 0 radical (unpaired) electrons. The van der Waals surface area contributed by atoms with Gasteiger partial charge in [0.25, 0.3) is 5.56 Å². The van der Waals surface area contributed by atoms with Gasteiger partial charge in [-0.15, -0.1) is 11.3 Å². The molecule has 0 aliphatic carbocycles. The second-order valence-electron chi connectivity index (χ2n) is 7.05. The number of halogens is 1. The third-order valence-electron chi connectivity index (χ3n) is 4.95. The lowest BCUT2D eigenvalue weighted by Gasteiger charge is -2.12. The molecule has 2 aromatic carbocycles. The van der Waals surface area contributed by atoms with Crippen LogP contribution in [0.2, 0.25) is 5.02 Å². The first-order chi connectivity index (χ1) is 15.4. The molecule has 0 saturated carbocycles. The Morgan fingerprint density at radius 1 is 1.12 bits per heavy atom. The first-order valence-electron chi connectivity index (χ1n) is 9.89. The molecule has 9 heteroatoms. The normalized spacial score (nSPS) is 11.0. The zero-order valence-electron chi connectivity index (χ0n) is 17.4. The molecule has 0 aliphatic heterocycles. The van der Waals surface area contributed by atoms with Gasteiger partial charge in [-0.05, 0) is 55.0 Å². The number of hydrogen-bond donors (Lipinski definition) is 1. The van der Waals surface area contributed by atoms with Crippen LogP contribution in [0.5, 0.6) is 5.75 Å². The Kier molecular flexibility index (Phi) is 6.16. The molecule has 0 spiro atoms. The van der Waals surface area contributed by atoms with Gasteiger partial charge in [-0.2, -0.15) is 0 Å². The van der Waals surface area contributed by atoms with E-state index in [1.54, 1.807) is 61.7 Å². The number of methoxy groups -OCH3 is 1. The number of fused-ring (bicyclic) bond motifs is 1. The van der Waals surface area contributed by atoms with Crippen LogP contribution in [0.1, 0.15) is 11.8 Å². The van der Waals surface area contributed by atoms with Gasteiger partial charge >= 0.3 is 5.69 Å². The molecule has 0 saturated heterocycles. The predicted molar refractivity (Wildman–Crippen MR) is 128 cm³/mol. The van der Waals surface area contributed by atoms with Crippen LogP contribution in [-0.2, 0) is 17.8 Å². The van der Waals surface area contributed by atoms with E-state index >= 15 is 0 Å². The minimum absolute atomic E-state index is 0.244. The van der Waals surface area contributed by atoms with E-state index in [0.717, 1.165) is 9.44 Å². The molecule has 164 valence electrons. The fraction of sp³-hybridized carbons (Fsp3) is 0.174. The molecule has 7 nitrogen and oxygen atoms in total.